The fourth-order valence-electron chi connectivity index (χ4n) is 3.16. The van der Waals surface area contributed by atoms with Crippen molar-refractivity contribution in [2.75, 3.05) is 0 Å². The Labute approximate surface area is 138 Å². The lowest BCUT2D eigenvalue weighted by Crippen LogP contribution is -2.54. The van der Waals surface area contributed by atoms with Gasteiger partial charge in [-0.15, -0.1) is 13.2 Å². The van der Waals surface area contributed by atoms with Crippen molar-refractivity contribution < 1.29 is 9.22 Å². The van der Waals surface area contributed by atoms with Crippen LogP contribution in [0.1, 0.15) is 53.4 Å². The van der Waals surface area contributed by atoms with E-state index in [1.165, 1.54) is 0 Å². The monoisotopic (exact) mass is 322 g/mol. The van der Waals surface area contributed by atoms with Crippen LogP contribution in [0.5, 0.6) is 0 Å². The molecule has 0 aliphatic heterocycles. The molecule has 0 spiro atoms. The predicted molar refractivity (Wildman–Crippen MR) is 97.5 cm³/mol. The van der Waals surface area contributed by atoms with E-state index < -0.39 is 13.7 Å². The SMILES string of the molecule is C=CCC1(CC=C)C(=O)C[C@H](C)CC1O[Si](C)(C)C(C)(C)C. The summed E-state index contributed by atoms with van der Waals surface area (Å²) in [6.45, 7) is 21.2. The third kappa shape index (κ3) is 3.80. The maximum atomic E-state index is 12.9. The van der Waals surface area contributed by atoms with Crippen LogP contribution >= 0.6 is 0 Å². The Kier molecular flexibility index (Phi) is 6.02. The van der Waals surface area contributed by atoms with Crippen LogP contribution in [0.15, 0.2) is 25.3 Å². The van der Waals surface area contributed by atoms with Crippen LogP contribution in [0.4, 0.5) is 0 Å². The van der Waals surface area contributed by atoms with E-state index in [0.717, 1.165) is 6.42 Å². The summed E-state index contributed by atoms with van der Waals surface area (Å²) in [5.41, 5.74) is -0.453. The normalized spacial score (nSPS) is 25.8. The Balaban J connectivity index is 3.21. The smallest absolute Gasteiger partial charge is 0.192 e. The highest BCUT2D eigenvalue weighted by Gasteiger charge is 2.51. The van der Waals surface area contributed by atoms with E-state index in [-0.39, 0.29) is 11.1 Å². The van der Waals surface area contributed by atoms with Gasteiger partial charge in [-0.2, -0.15) is 0 Å². The van der Waals surface area contributed by atoms with Gasteiger partial charge < -0.3 is 4.43 Å². The van der Waals surface area contributed by atoms with Crippen LogP contribution in [0.3, 0.4) is 0 Å². The van der Waals surface area contributed by atoms with E-state index in [2.05, 4.69) is 53.9 Å². The lowest BCUT2D eigenvalue weighted by Gasteiger charge is -2.49. The molecule has 0 bridgehead atoms. The second-order valence-corrected chi connectivity index (χ2v) is 13.2. The van der Waals surface area contributed by atoms with Gasteiger partial charge in [-0.05, 0) is 43.3 Å². The lowest BCUT2D eigenvalue weighted by atomic mass is 9.64. The fraction of sp³-hybridized carbons (Fsp3) is 0.737. The van der Waals surface area contributed by atoms with Crippen molar-refractivity contribution in [2.45, 2.75) is 77.6 Å². The zero-order valence-corrected chi connectivity index (χ0v) is 16.4. The molecule has 1 saturated carbocycles. The first-order valence-electron chi connectivity index (χ1n) is 8.43. The number of allylic oxidation sites excluding steroid dienone is 2. The van der Waals surface area contributed by atoms with E-state index in [1.807, 2.05) is 12.2 Å². The highest BCUT2D eigenvalue weighted by Crippen LogP contribution is 2.47. The molecule has 0 saturated heterocycles. The summed E-state index contributed by atoms with van der Waals surface area (Å²) in [7, 11) is -1.92. The number of hydrogen-bond donors (Lipinski definition) is 0. The molecule has 0 aromatic heterocycles. The Morgan fingerprint density at radius 1 is 1.27 bits per heavy atom. The molecule has 2 nitrogen and oxygen atoms in total. The van der Waals surface area contributed by atoms with Gasteiger partial charge in [-0.1, -0.05) is 39.8 Å². The Bertz CT molecular complexity index is 421. The summed E-state index contributed by atoms with van der Waals surface area (Å²) in [6, 6.07) is 0. The molecule has 3 heteroatoms. The van der Waals surface area contributed by atoms with Crippen molar-refractivity contribution in [3.8, 4) is 0 Å². The van der Waals surface area contributed by atoms with Crippen LogP contribution < -0.4 is 0 Å². The average molecular weight is 323 g/mol. The van der Waals surface area contributed by atoms with Gasteiger partial charge in [0.15, 0.2) is 8.32 Å². The van der Waals surface area contributed by atoms with Crippen LogP contribution in [0.25, 0.3) is 0 Å². The molecule has 0 heterocycles. The van der Waals surface area contributed by atoms with Crippen molar-refractivity contribution in [1.29, 1.82) is 0 Å². The summed E-state index contributed by atoms with van der Waals surface area (Å²) >= 11 is 0. The highest BCUT2D eigenvalue weighted by atomic mass is 28.4. The number of carbonyl (C=O) groups excluding carboxylic acids is 1. The largest absolute Gasteiger partial charge is 0.413 e. The first-order chi connectivity index (χ1) is 10.00. The summed E-state index contributed by atoms with van der Waals surface area (Å²) in [6.07, 6.45) is 6.71. The number of Topliss-reactive ketones (excluding diaryl/α,β-unsaturated/α-hetero) is 1. The number of ketones is 1. The molecule has 1 aliphatic rings. The summed E-state index contributed by atoms with van der Waals surface area (Å²) in [5, 5.41) is 0.144. The number of carbonyl (C=O) groups is 1. The van der Waals surface area contributed by atoms with E-state index >= 15 is 0 Å². The van der Waals surface area contributed by atoms with Gasteiger partial charge in [0, 0.05) is 6.42 Å². The minimum Gasteiger partial charge on any atom is -0.413 e. The number of hydrogen-bond acceptors (Lipinski definition) is 2. The maximum Gasteiger partial charge on any atom is 0.192 e. The zero-order valence-electron chi connectivity index (χ0n) is 15.4. The van der Waals surface area contributed by atoms with E-state index in [0.29, 0.717) is 31.0 Å². The van der Waals surface area contributed by atoms with Crippen molar-refractivity contribution in [3.05, 3.63) is 25.3 Å². The van der Waals surface area contributed by atoms with E-state index in [4.69, 9.17) is 4.43 Å². The number of rotatable bonds is 6. The van der Waals surface area contributed by atoms with Gasteiger partial charge in [0.05, 0.1) is 11.5 Å². The fourth-order valence-corrected chi connectivity index (χ4v) is 4.54. The Morgan fingerprint density at radius 3 is 2.18 bits per heavy atom. The Morgan fingerprint density at radius 2 is 1.77 bits per heavy atom. The molecule has 1 fully saturated rings. The molecule has 2 atom stereocenters. The summed E-state index contributed by atoms with van der Waals surface area (Å²) < 4.78 is 6.73. The van der Waals surface area contributed by atoms with Gasteiger partial charge in [0.1, 0.15) is 5.78 Å². The Hall–Kier alpha value is -0.673. The second kappa shape index (κ2) is 6.84. The van der Waals surface area contributed by atoms with Crippen LogP contribution in [0.2, 0.25) is 18.1 Å². The van der Waals surface area contributed by atoms with E-state index in [9.17, 15) is 4.79 Å². The van der Waals surface area contributed by atoms with Gasteiger partial charge >= 0.3 is 0 Å². The topological polar surface area (TPSA) is 26.3 Å². The molecule has 0 radical (unpaired) electrons. The van der Waals surface area contributed by atoms with Crippen molar-refractivity contribution in [1.82, 2.24) is 0 Å². The molecule has 1 aliphatic carbocycles. The minimum atomic E-state index is -1.92. The van der Waals surface area contributed by atoms with Crippen LogP contribution in [-0.4, -0.2) is 20.2 Å². The lowest BCUT2D eigenvalue weighted by molar-refractivity contribution is -0.141. The summed E-state index contributed by atoms with van der Waals surface area (Å²) in [4.78, 5) is 12.9. The molecule has 1 unspecified atom stereocenters. The molecule has 0 N–H and O–H groups in total. The molecule has 22 heavy (non-hydrogen) atoms. The van der Waals surface area contributed by atoms with Gasteiger partial charge in [0.25, 0.3) is 0 Å². The third-order valence-corrected chi connectivity index (χ3v) is 10.1. The van der Waals surface area contributed by atoms with Crippen LogP contribution in [0, 0.1) is 11.3 Å². The molecule has 0 amide bonds. The first kappa shape index (κ1) is 19.4. The first-order valence-corrected chi connectivity index (χ1v) is 11.3. The van der Waals surface area contributed by atoms with Gasteiger partial charge in [-0.25, -0.2) is 0 Å². The van der Waals surface area contributed by atoms with Crippen molar-refractivity contribution in [3.63, 3.8) is 0 Å². The molecular formula is C19H34O2Si. The second-order valence-electron chi connectivity index (χ2n) is 8.48. The zero-order chi connectivity index (χ0) is 17.2. The van der Waals surface area contributed by atoms with Crippen molar-refractivity contribution in [2.24, 2.45) is 11.3 Å². The molecule has 1 rings (SSSR count). The predicted octanol–water partition coefficient (Wildman–Crippen LogP) is 5.51. The highest BCUT2D eigenvalue weighted by molar-refractivity contribution is 6.74. The quantitative estimate of drug-likeness (QED) is 0.476. The molecule has 126 valence electrons. The average Bonchev–Trinajstić information content (AvgIpc) is 2.34. The maximum absolute atomic E-state index is 12.9. The van der Waals surface area contributed by atoms with Gasteiger partial charge in [-0.3, -0.25) is 4.79 Å². The van der Waals surface area contributed by atoms with Crippen molar-refractivity contribution >= 4 is 14.1 Å². The summed E-state index contributed by atoms with van der Waals surface area (Å²) in [5.74, 6) is 0.722. The molecule has 0 aromatic rings. The molecular weight excluding hydrogens is 288 g/mol. The minimum absolute atomic E-state index is 0.0133. The third-order valence-electron chi connectivity index (χ3n) is 5.58. The van der Waals surface area contributed by atoms with Gasteiger partial charge in [0.2, 0.25) is 0 Å². The van der Waals surface area contributed by atoms with E-state index in [1.54, 1.807) is 0 Å². The molecule has 0 aromatic carbocycles. The standard InChI is InChI=1S/C19H34O2Si/c1-9-11-19(12-10-2)16(20)13-15(3)14-17(19)21-22(7,8)18(4,5)6/h9-10,15,17H,1-2,11-14H2,3-8H3/t15-,17?/m0/s1. The van der Waals surface area contributed by atoms with Crippen LogP contribution in [-0.2, 0) is 9.22 Å².